The van der Waals surface area contributed by atoms with E-state index < -0.39 is 0 Å². The summed E-state index contributed by atoms with van der Waals surface area (Å²) in [4.78, 5) is 5.89. The molecule has 0 atom stereocenters. The zero-order valence-electron chi connectivity index (χ0n) is 13.9. The largest absolute Gasteiger partial charge is 0.309 e. The molecule has 1 aromatic heterocycles. The van der Waals surface area contributed by atoms with E-state index in [1.807, 2.05) is 11.3 Å². The number of thiophene rings is 1. The predicted molar refractivity (Wildman–Crippen MR) is 92.0 cm³/mol. The first kappa shape index (κ1) is 15.5. The zero-order valence-corrected chi connectivity index (χ0v) is 14.7. The number of nitrogens with one attached hydrogen (secondary N) is 1. The third-order valence-electron chi connectivity index (χ3n) is 5.35. The molecule has 2 aliphatic rings. The van der Waals surface area contributed by atoms with Crippen molar-refractivity contribution in [3.63, 3.8) is 0 Å². The summed E-state index contributed by atoms with van der Waals surface area (Å²) < 4.78 is 0. The highest BCUT2D eigenvalue weighted by molar-refractivity contribution is 7.11. The fourth-order valence-corrected chi connectivity index (χ4v) is 5.00. The van der Waals surface area contributed by atoms with Gasteiger partial charge in [-0.25, -0.2) is 0 Å². The third kappa shape index (κ3) is 3.35. The van der Waals surface area contributed by atoms with Gasteiger partial charge in [-0.3, -0.25) is 4.90 Å². The molecule has 1 aliphatic carbocycles. The van der Waals surface area contributed by atoms with E-state index in [-0.39, 0.29) is 5.54 Å². The lowest BCUT2D eigenvalue weighted by Gasteiger charge is -2.54. The van der Waals surface area contributed by atoms with Crippen molar-refractivity contribution >= 4 is 11.3 Å². The molecule has 3 heteroatoms. The van der Waals surface area contributed by atoms with E-state index in [4.69, 9.17) is 0 Å². The Bertz CT molecular complexity index is 471. The smallest absolute Gasteiger partial charge is 0.0338 e. The van der Waals surface area contributed by atoms with Gasteiger partial charge in [0, 0.05) is 40.5 Å². The molecule has 0 unspecified atom stereocenters. The molecule has 2 fully saturated rings. The van der Waals surface area contributed by atoms with Gasteiger partial charge in [-0.2, -0.15) is 0 Å². The molecule has 0 amide bonds. The van der Waals surface area contributed by atoms with Crippen molar-refractivity contribution in [1.29, 1.82) is 0 Å². The Morgan fingerprint density at radius 1 is 1.14 bits per heavy atom. The van der Waals surface area contributed by atoms with Crippen LogP contribution in [0.4, 0.5) is 0 Å². The molecule has 2 nitrogen and oxygen atoms in total. The van der Waals surface area contributed by atoms with E-state index in [2.05, 4.69) is 43.1 Å². The number of hydrogen-bond acceptors (Lipinski definition) is 3. The van der Waals surface area contributed by atoms with Gasteiger partial charge >= 0.3 is 0 Å². The first-order chi connectivity index (χ1) is 10.0. The highest BCUT2D eigenvalue weighted by atomic mass is 32.1. The molecular weight excluding hydrogens is 276 g/mol. The summed E-state index contributed by atoms with van der Waals surface area (Å²) in [7, 11) is 0. The summed E-state index contributed by atoms with van der Waals surface area (Å²) in [5.74, 6) is 0. The monoisotopic (exact) mass is 306 g/mol. The van der Waals surface area contributed by atoms with Gasteiger partial charge in [-0.15, -0.1) is 11.3 Å². The summed E-state index contributed by atoms with van der Waals surface area (Å²) >= 11 is 2.01. The first-order valence-corrected chi connectivity index (χ1v) is 9.42. The van der Waals surface area contributed by atoms with E-state index in [0.717, 1.165) is 6.54 Å². The van der Waals surface area contributed by atoms with Gasteiger partial charge in [0.2, 0.25) is 0 Å². The maximum Gasteiger partial charge on any atom is 0.0338 e. The van der Waals surface area contributed by atoms with Crippen LogP contribution in [0.2, 0.25) is 0 Å². The zero-order chi connectivity index (χ0) is 14.9. The minimum absolute atomic E-state index is 0.244. The second-order valence-electron chi connectivity index (χ2n) is 7.60. The van der Waals surface area contributed by atoms with Gasteiger partial charge in [-0.1, -0.05) is 26.2 Å². The Morgan fingerprint density at radius 3 is 2.52 bits per heavy atom. The maximum absolute atomic E-state index is 3.81. The second kappa shape index (κ2) is 6.02. The molecule has 0 bridgehead atoms. The third-order valence-corrected chi connectivity index (χ3v) is 6.56. The number of hydrogen-bond donors (Lipinski definition) is 1. The molecule has 3 rings (SSSR count). The molecule has 1 aliphatic heterocycles. The first-order valence-electron chi connectivity index (χ1n) is 8.61. The van der Waals surface area contributed by atoms with Crippen LogP contribution in [-0.4, -0.2) is 29.1 Å². The summed E-state index contributed by atoms with van der Waals surface area (Å²) in [6.45, 7) is 10.4. The van der Waals surface area contributed by atoms with E-state index in [1.165, 1.54) is 56.5 Å². The minimum Gasteiger partial charge on any atom is -0.309 e. The lowest BCUT2D eigenvalue weighted by Crippen LogP contribution is -2.68. The number of rotatable bonds is 3. The number of piperazine rings is 1. The van der Waals surface area contributed by atoms with Crippen molar-refractivity contribution < 1.29 is 0 Å². The van der Waals surface area contributed by atoms with Gasteiger partial charge in [0.1, 0.15) is 0 Å². The molecule has 0 radical (unpaired) electrons. The summed E-state index contributed by atoms with van der Waals surface area (Å²) in [5.41, 5.74) is 0.664. The average Bonchev–Trinajstić information content (AvgIpc) is 2.92. The Kier molecular flexibility index (Phi) is 4.45. The van der Waals surface area contributed by atoms with E-state index >= 15 is 0 Å². The highest BCUT2D eigenvalue weighted by Crippen LogP contribution is 2.38. The highest BCUT2D eigenvalue weighted by Gasteiger charge is 2.44. The van der Waals surface area contributed by atoms with Crippen LogP contribution in [0.3, 0.4) is 0 Å². The van der Waals surface area contributed by atoms with Crippen molar-refractivity contribution in [1.82, 2.24) is 10.2 Å². The Balaban J connectivity index is 1.79. The molecule has 21 heavy (non-hydrogen) atoms. The van der Waals surface area contributed by atoms with Crippen LogP contribution in [0.25, 0.3) is 0 Å². The van der Waals surface area contributed by atoms with Crippen molar-refractivity contribution in [3.8, 4) is 0 Å². The molecular formula is C18H30N2S. The fourth-order valence-electron chi connectivity index (χ4n) is 4.03. The van der Waals surface area contributed by atoms with Crippen LogP contribution < -0.4 is 5.32 Å². The SMILES string of the molecule is CCc1ccc(CN2CC(C)(C)NCC23CCCCC3)s1. The topological polar surface area (TPSA) is 15.3 Å². The van der Waals surface area contributed by atoms with Crippen LogP contribution in [0.1, 0.15) is 62.6 Å². The maximum atomic E-state index is 3.81. The standard InChI is InChI=1S/C18H30N2S/c1-4-15-8-9-16(21-15)12-20-14-17(2,3)19-13-18(20)10-6-5-7-11-18/h8-9,19H,4-7,10-14H2,1-3H3. The normalized spacial score (nSPS) is 25.3. The Hall–Kier alpha value is -0.380. The molecule has 1 aromatic rings. The van der Waals surface area contributed by atoms with Gasteiger partial charge in [0.05, 0.1) is 0 Å². The number of nitrogens with zero attached hydrogens (tertiary/aromatic N) is 1. The van der Waals surface area contributed by atoms with E-state index in [1.54, 1.807) is 4.88 Å². The summed E-state index contributed by atoms with van der Waals surface area (Å²) in [6.07, 6.45) is 8.16. The van der Waals surface area contributed by atoms with Crippen molar-refractivity contribution in [3.05, 3.63) is 21.9 Å². The van der Waals surface area contributed by atoms with Gasteiger partial charge in [0.25, 0.3) is 0 Å². The lowest BCUT2D eigenvalue weighted by molar-refractivity contribution is -0.0154. The molecule has 2 heterocycles. The second-order valence-corrected chi connectivity index (χ2v) is 8.85. The molecule has 1 spiro atoms. The Morgan fingerprint density at radius 2 is 1.86 bits per heavy atom. The van der Waals surface area contributed by atoms with Crippen LogP contribution in [0.5, 0.6) is 0 Å². The quantitative estimate of drug-likeness (QED) is 0.900. The van der Waals surface area contributed by atoms with Crippen LogP contribution >= 0.6 is 11.3 Å². The molecule has 1 saturated carbocycles. The van der Waals surface area contributed by atoms with Crippen molar-refractivity contribution in [2.75, 3.05) is 13.1 Å². The summed E-state index contributed by atoms with van der Waals surface area (Å²) in [5, 5.41) is 3.81. The van der Waals surface area contributed by atoms with Crippen LogP contribution in [-0.2, 0) is 13.0 Å². The molecule has 1 saturated heterocycles. The van der Waals surface area contributed by atoms with Crippen molar-refractivity contribution in [2.24, 2.45) is 0 Å². The van der Waals surface area contributed by atoms with Crippen LogP contribution in [0.15, 0.2) is 12.1 Å². The van der Waals surface area contributed by atoms with Crippen LogP contribution in [0, 0.1) is 0 Å². The van der Waals surface area contributed by atoms with Gasteiger partial charge in [-0.05, 0) is 45.2 Å². The Labute approximate surface area is 133 Å². The molecule has 1 N–H and O–H groups in total. The number of aryl methyl sites for hydroxylation is 1. The van der Waals surface area contributed by atoms with Gasteiger partial charge < -0.3 is 5.32 Å². The minimum atomic E-state index is 0.244. The predicted octanol–water partition coefficient (Wildman–Crippen LogP) is 4.20. The molecule has 0 aromatic carbocycles. The fraction of sp³-hybridized carbons (Fsp3) is 0.778. The van der Waals surface area contributed by atoms with Gasteiger partial charge in [0.15, 0.2) is 0 Å². The summed E-state index contributed by atoms with van der Waals surface area (Å²) in [6, 6.07) is 4.68. The molecule has 118 valence electrons. The lowest BCUT2D eigenvalue weighted by atomic mass is 9.77. The van der Waals surface area contributed by atoms with E-state index in [0.29, 0.717) is 5.54 Å². The van der Waals surface area contributed by atoms with E-state index in [9.17, 15) is 0 Å². The van der Waals surface area contributed by atoms with Crippen molar-refractivity contribution in [2.45, 2.75) is 76.9 Å². The average molecular weight is 307 g/mol.